The Bertz CT molecular complexity index is 1400. The zero-order valence-corrected chi connectivity index (χ0v) is 24.6. The molecule has 1 saturated carbocycles. The van der Waals surface area contributed by atoms with Gasteiger partial charge in [0.05, 0.1) is 10.6 Å². The molecule has 1 fully saturated rings. The fraction of sp³-hybridized carbons (Fsp3) is 0.333. The Morgan fingerprint density at radius 3 is 2.05 bits per heavy atom. The lowest BCUT2D eigenvalue weighted by molar-refractivity contribution is -0.140. The summed E-state index contributed by atoms with van der Waals surface area (Å²) in [6.45, 7) is 1.48. The van der Waals surface area contributed by atoms with E-state index in [0.717, 1.165) is 35.6 Å². The molecule has 3 aromatic carbocycles. The van der Waals surface area contributed by atoms with Crippen LogP contribution in [0.1, 0.15) is 44.6 Å². The standard InChI is InChI=1S/C30H33Cl2N3O4S/c1-2-28(30(37)33-25-8-6-7-9-25)34(20-22-12-14-23(31)15-13-22)29(36)21-35(26-10-4-3-5-11-26)40(38,39)27-18-16-24(32)17-19-27/h3-5,10-19,25,28H,2,6-9,20-21H2,1H3,(H,33,37). The molecule has 3 aromatic rings. The highest BCUT2D eigenvalue weighted by atomic mass is 35.5. The maximum absolute atomic E-state index is 14.1. The van der Waals surface area contributed by atoms with E-state index in [9.17, 15) is 18.0 Å². The van der Waals surface area contributed by atoms with Crippen LogP contribution in [0, 0.1) is 0 Å². The fourth-order valence-electron chi connectivity index (χ4n) is 4.93. The smallest absolute Gasteiger partial charge is 0.264 e. The lowest BCUT2D eigenvalue weighted by atomic mass is 10.1. The number of carbonyl (C=O) groups excluding carboxylic acids is 2. The molecule has 0 aliphatic heterocycles. The van der Waals surface area contributed by atoms with Gasteiger partial charge in [0.25, 0.3) is 10.0 Å². The molecule has 0 bridgehead atoms. The summed E-state index contributed by atoms with van der Waals surface area (Å²) >= 11 is 12.1. The molecule has 212 valence electrons. The van der Waals surface area contributed by atoms with Crippen LogP contribution in [0.2, 0.25) is 10.0 Å². The molecule has 2 amide bonds. The molecular weight excluding hydrogens is 569 g/mol. The van der Waals surface area contributed by atoms with Gasteiger partial charge in [0.15, 0.2) is 0 Å². The van der Waals surface area contributed by atoms with Gasteiger partial charge in [-0.1, -0.05) is 73.3 Å². The number of nitrogens with one attached hydrogen (secondary N) is 1. The molecule has 40 heavy (non-hydrogen) atoms. The van der Waals surface area contributed by atoms with Crippen molar-refractivity contribution in [2.75, 3.05) is 10.8 Å². The monoisotopic (exact) mass is 601 g/mol. The third kappa shape index (κ3) is 7.36. The van der Waals surface area contributed by atoms with Crippen LogP contribution in [0.25, 0.3) is 0 Å². The SMILES string of the molecule is CCC(C(=O)NC1CCCC1)N(Cc1ccc(Cl)cc1)C(=O)CN(c1ccccc1)S(=O)(=O)c1ccc(Cl)cc1. The predicted molar refractivity (Wildman–Crippen MR) is 159 cm³/mol. The van der Waals surface area contributed by atoms with Crippen molar-refractivity contribution < 1.29 is 18.0 Å². The number of amides is 2. The molecule has 1 N–H and O–H groups in total. The zero-order chi connectivity index (χ0) is 28.7. The van der Waals surface area contributed by atoms with Gasteiger partial charge in [-0.3, -0.25) is 13.9 Å². The number of anilines is 1. The van der Waals surface area contributed by atoms with Gasteiger partial charge in [-0.25, -0.2) is 8.42 Å². The lowest BCUT2D eigenvalue weighted by Crippen LogP contribution is -2.53. The van der Waals surface area contributed by atoms with Gasteiger partial charge in [0, 0.05) is 22.6 Å². The normalized spacial score (nSPS) is 14.5. The molecule has 1 aliphatic rings. The Hall–Kier alpha value is -3.07. The van der Waals surface area contributed by atoms with E-state index < -0.39 is 28.5 Å². The van der Waals surface area contributed by atoms with Gasteiger partial charge in [-0.15, -0.1) is 0 Å². The first-order valence-electron chi connectivity index (χ1n) is 13.4. The number of sulfonamides is 1. The highest BCUT2D eigenvalue weighted by Gasteiger charge is 2.34. The third-order valence-corrected chi connectivity index (χ3v) is 9.37. The Balaban J connectivity index is 1.68. The summed E-state index contributed by atoms with van der Waals surface area (Å²) in [5, 5.41) is 4.06. The highest BCUT2D eigenvalue weighted by Crippen LogP contribution is 2.26. The van der Waals surface area contributed by atoms with Crippen molar-refractivity contribution in [1.29, 1.82) is 0 Å². The first-order valence-corrected chi connectivity index (χ1v) is 15.6. The lowest BCUT2D eigenvalue weighted by Gasteiger charge is -2.33. The average Bonchev–Trinajstić information content (AvgIpc) is 3.46. The van der Waals surface area contributed by atoms with Gasteiger partial charge in [-0.05, 0) is 73.4 Å². The van der Waals surface area contributed by atoms with Crippen LogP contribution in [0.15, 0.2) is 83.8 Å². The van der Waals surface area contributed by atoms with E-state index >= 15 is 0 Å². The van der Waals surface area contributed by atoms with Crippen molar-refractivity contribution in [3.8, 4) is 0 Å². The summed E-state index contributed by atoms with van der Waals surface area (Å²) in [4.78, 5) is 29.0. The Labute approximate surface area is 246 Å². The number of para-hydroxylation sites is 1. The first-order chi connectivity index (χ1) is 19.2. The molecule has 1 atom stereocenters. The first kappa shape index (κ1) is 29.9. The molecule has 1 unspecified atom stereocenters. The van der Waals surface area contributed by atoms with E-state index in [1.807, 2.05) is 6.92 Å². The Morgan fingerprint density at radius 1 is 0.900 bits per heavy atom. The van der Waals surface area contributed by atoms with Gasteiger partial charge < -0.3 is 10.2 Å². The van der Waals surface area contributed by atoms with Gasteiger partial charge in [-0.2, -0.15) is 0 Å². The number of carbonyl (C=O) groups is 2. The summed E-state index contributed by atoms with van der Waals surface area (Å²) in [6, 6.07) is 20.6. The van der Waals surface area contributed by atoms with Crippen molar-refractivity contribution in [2.45, 2.75) is 62.6 Å². The van der Waals surface area contributed by atoms with Crippen molar-refractivity contribution in [3.05, 3.63) is 94.5 Å². The minimum atomic E-state index is -4.14. The van der Waals surface area contributed by atoms with Crippen LogP contribution < -0.4 is 9.62 Å². The molecule has 0 spiro atoms. The second-order valence-electron chi connectivity index (χ2n) is 9.86. The largest absolute Gasteiger partial charge is 0.352 e. The highest BCUT2D eigenvalue weighted by molar-refractivity contribution is 7.92. The zero-order valence-electron chi connectivity index (χ0n) is 22.3. The maximum Gasteiger partial charge on any atom is 0.264 e. The molecule has 7 nitrogen and oxygen atoms in total. The summed E-state index contributed by atoms with van der Waals surface area (Å²) in [5.41, 5.74) is 1.11. The summed E-state index contributed by atoms with van der Waals surface area (Å²) in [7, 11) is -4.14. The van der Waals surface area contributed by atoms with Crippen LogP contribution in [-0.4, -0.2) is 43.8 Å². The fourth-order valence-corrected chi connectivity index (χ4v) is 6.60. The molecular formula is C30H33Cl2N3O4S. The number of nitrogens with zero attached hydrogens (tertiary/aromatic N) is 2. The van der Waals surface area contributed by atoms with E-state index in [4.69, 9.17) is 23.2 Å². The van der Waals surface area contributed by atoms with Crippen LogP contribution >= 0.6 is 23.2 Å². The molecule has 1 aliphatic carbocycles. The van der Waals surface area contributed by atoms with Crippen LogP contribution in [0.5, 0.6) is 0 Å². The number of benzene rings is 3. The molecule has 4 rings (SSSR count). The molecule has 0 heterocycles. The molecule has 10 heteroatoms. The quantitative estimate of drug-likeness (QED) is 0.289. The number of hydrogen-bond donors (Lipinski definition) is 1. The van der Waals surface area contributed by atoms with Crippen LogP contribution in [0.3, 0.4) is 0 Å². The summed E-state index contributed by atoms with van der Waals surface area (Å²) in [6.07, 6.45) is 4.31. The molecule has 0 saturated heterocycles. The van der Waals surface area contributed by atoms with Gasteiger partial charge in [0.1, 0.15) is 12.6 Å². The topological polar surface area (TPSA) is 86.8 Å². The van der Waals surface area contributed by atoms with E-state index in [2.05, 4.69) is 5.32 Å². The molecule has 0 radical (unpaired) electrons. The van der Waals surface area contributed by atoms with Crippen molar-refractivity contribution in [1.82, 2.24) is 10.2 Å². The summed E-state index contributed by atoms with van der Waals surface area (Å²) in [5.74, 6) is -0.728. The second-order valence-corrected chi connectivity index (χ2v) is 12.6. The van der Waals surface area contributed by atoms with Crippen LogP contribution in [-0.2, 0) is 26.2 Å². The van der Waals surface area contributed by atoms with Crippen molar-refractivity contribution >= 4 is 50.7 Å². The van der Waals surface area contributed by atoms with E-state index in [1.54, 1.807) is 54.6 Å². The second kappa shape index (κ2) is 13.5. The van der Waals surface area contributed by atoms with E-state index in [1.165, 1.54) is 29.2 Å². The number of hydrogen-bond acceptors (Lipinski definition) is 4. The van der Waals surface area contributed by atoms with E-state index in [0.29, 0.717) is 22.2 Å². The van der Waals surface area contributed by atoms with Crippen LogP contribution in [0.4, 0.5) is 5.69 Å². The van der Waals surface area contributed by atoms with Crippen molar-refractivity contribution in [3.63, 3.8) is 0 Å². The van der Waals surface area contributed by atoms with Gasteiger partial charge >= 0.3 is 0 Å². The minimum Gasteiger partial charge on any atom is -0.352 e. The predicted octanol–water partition coefficient (Wildman–Crippen LogP) is 6.05. The van der Waals surface area contributed by atoms with Gasteiger partial charge in [0.2, 0.25) is 11.8 Å². The number of halogens is 2. The maximum atomic E-state index is 14.1. The van der Waals surface area contributed by atoms with Crippen molar-refractivity contribution in [2.24, 2.45) is 0 Å². The minimum absolute atomic E-state index is 0.00354. The summed E-state index contributed by atoms with van der Waals surface area (Å²) < 4.78 is 28.7. The number of rotatable bonds is 11. The molecule has 0 aromatic heterocycles. The Morgan fingerprint density at radius 2 is 1.48 bits per heavy atom. The van der Waals surface area contributed by atoms with E-state index in [-0.39, 0.29) is 23.4 Å². The Kier molecular flexibility index (Phi) is 10.1. The third-order valence-electron chi connectivity index (χ3n) is 7.08. The average molecular weight is 603 g/mol.